The number of anilines is 1. The van der Waals surface area contributed by atoms with E-state index >= 15 is 0 Å². The van der Waals surface area contributed by atoms with Gasteiger partial charge in [-0.15, -0.1) is 11.3 Å². The molecule has 0 aliphatic carbocycles. The van der Waals surface area contributed by atoms with E-state index in [1.54, 1.807) is 30.5 Å². The third-order valence-corrected chi connectivity index (χ3v) is 7.70. The van der Waals surface area contributed by atoms with Gasteiger partial charge in [-0.2, -0.15) is 4.31 Å². The summed E-state index contributed by atoms with van der Waals surface area (Å²) in [6.07, 6.45) is 2.67. The van der Waals surface area contributed by atoms with Gasteiger partial charge in [0.25, 0.3) is 11.8 Å². The number of benzene rings is 1. The third-order valence-electron chi connectivity index (χ3n) is 4.94. The van der Waals surface area contributed by atoms with Crippen molar-refractivity contribution in [2.45, 2.75) is 31.1 Å². The molecule has 2 heterocycles. The van der Waals surface area contributed by atoms with Crippen LogP contribution in [-0.4, -0.2) is 56.7 Å². The lowest BCUT2D eigenvalue weighted by atomic mass is 10.2. The van der Waals surface area contributed by atoms with Crippen molar-refractivity contribution in [1.82, 2.24) is 9.62 Å². The molecule has 172 valence electrons. The Labute approximate surface area is 190 Å². The maximum atomic E-state index is 12.9. The van der Waals surface area contributed by atoms with Gasteiger partial charge in [-0.05, 0) is 48.9 Å². The maximum Gasteiger partial charge on any atom is 0.325 e. The number of hydrogen-bond acceptors (Lipinski definition) is 7. The zero-order valence-electron chi connectivity index (χ0n) is 17.6. The number of esters is 1. The molecular formula is C21H25N3O6S2. The lowest BCUT2D eigenvalue weighted by Gasteiger charge is -2.26. The summed E-state index contributed by atoms with van der Waals surface area (Å²) in [7, 11) is -3.64. The standard InChI is InChI=1S/C21H25N3O6S2/c1-15-7-8-16(32(28,29)24-9-3-2-4-10-24)12-17(15)23-19(25)14-30-20(26)13-22-21(27)18-6-5-11-31-18/h5-8,11-12H,2-4,9-10,13-14H2,1H3,(H,22,27)(H,23,25). The fourth-order valence-electron chi connectivity index (χ4n) is 3.18. The van der Waals surface area contributed by atoms with Crippen LogP contribution in [0.5, 0.6) is 0 Å². The molecule has 0 unspecified atom stereocenters. The van der Waals surface area contributed by atoms with Crippen molar-refractivity contribution in [2.24, 2.45) is 0 Å². The average molecular weight is 480 g/mol. The first-order valence-corrected chi connectivity index (χ1v) is 12.5. The normalized spacial score (nSPS) is 14.5. The van der Waals surface area contributed by atoms with Gasteiger partial charge in [-0.3, -0.25) is 14.4 Å². The number of amides is 2. The molecule has 1 aromatic carbocycles. The largest absolute Gasteiger partial charge is 0.454 e. The maximum absolute atomic E-state index is 12.9. The molecule has 2 amide bonds. The Bertz CT molecular complexity index is 1080. The second kappa shape index (κ2) is 10.7. The quantitative estimate of drug-likeness (QED) is 0.560. The van der Waals surface area contributed by atoms with Gasteiger partial charge in [0, 0.05) is 18.8 Å². The topological polar surface area (TPSA) is 122 Å². The Kier molecular flexibility index (Phi) is 7.99. The highest BCUT2D eigenvalue weighted by atomic mass is 32.2. The van der Waals surface area contributed by atoms with Crippen molar-refractivity contribution in [2.75, 3.05) is 31.6 Å². The number of nitrogens with one attached hydrogen (secondary N) is 2. The molecule has 1 aliphatic rings. The first-order valence-electron chi connectivity index (χ1n) is 10.2. The number of sulfonamides is 1. The van der Waals surface area contributed by atoms with Gasteiger partial charge in [0.15, 0.2) is 6.61 Å². The molecule has 0 spiro atoms. The summed E-state index contributed by atoms with van der Waals surface area (Å²) in [5, 5.41) is 6.74. The minimum absolute atomic E-state index is 0.105. The first-order chi connectivity index (χ1) is 15.3. The van der Waals surface area contributed by atoms with Crippen molar-refractivity contribution in [3.05, 3.63) is 46.2 Å². The molecule has 1 aliphatic heterocycles. The number of aryl methyl sites for hydroxylation is 1. The van der Waals surface area contributed by atoms with Crippen LogP contribution >= 0.6 is 11.3 Å². The zero-order valence-corrected chi connectivity index (χ0v) is 19.3. The molecule has 3 rings (SSSR count). The smallest absolute Gasteiger partial charge is 0.325 e. The lowest BCUT2D eigenvalue weighted by Crippen LogP contribution is -2.35. The van der Waals surface area contributed by atoms with Gasteiger partial charge < -0.3 is 15.4 Å². The van der Waals surface area contributed by atoms with Gasteiger partial charge in [-0.25, -0.2) is 8.42 Å². The second-order valence-electron chi connectivity index (χ2n) is 7.31. The van der Waals surface area contributed by atoms with Crippen molar-refractivity contribution in [1.29, 1.82) is 0 Å². The van der Waals surface area contributed by atoms with Crippen molar-refractivity contribution in [3.8, 4) is 0 Å². The highest BCUT2D eigenvalue weighted by Gasteiger charge is 2.26. The second-order valence-corrected chi connectivity index (χ2v) is 10.2. The van der Waals surface area contributed by atoms with Crippen LogP contribution in [0.15, 0.2) is 40.6 Å². The monoisotopic (exact) mass is 479 g/mol. The Hall–Kier alpha value is -2.76. The number of thiophene rings is 1. The molecule has 1 saturated heterocycles. The summed E-state index contributed by atoms with van der Waals surface area (Å²) in [5.74, 6) is -1.77. The summed E-state index contributed by atoms with van der Waals surface area (Å²) in [4.78, 5) is 36.4. The number of carbonyl (C=O) groups excluding carboxylic acids is 3. The minimum atomic E-state index is -3.64. The minimum Gasteiger partial charge on any atom is -0.454 e. The SMILES string of the molecule is Cc1ccc(S(=O)(=O)N2CCCCC2)cc1NC(=O)COC(=O)CNC(=O)c1cccs1. The van der Waals surface area contributed by atoms with Crippen LogP contribution in [0.3, 0.4) is 0 Å². The summed E-state index contributed by atoms with van der Waals surface area (Å²) in [6.45, 7) is 1.77. The van der Waals surface area contributed by atoms with Crippen LogP contribution in [0.1, 0.15) is 34.5 Å². The number of piperidine rings is 1. The zero-order chi connectivity index (χ0) is 23.1. The van der Waals surface area contributed by atoms with E-state index in [-0.39, 0.29) is 11.4 Å². The van der Waals surface area contributed by atoms with E-state index in [2.05, 4.69) is 10.6 Å². The van der Waals surface area contributed by atoms with E-state index < -0.39 is 34.4 Å². The van der Waals surface area contributed by atoms with Crippen molar-refractivity contribution in [3.63, 3.8) is 0 Å². The van der Waals surface area contributed by atoms with Gasteiger partial charge in [0.05, 0.1) is 9.77 Å². The number of ether oxygens (including phenoxy) is 1. The number of nitrogens with zero attached hydrogens (tertiary/aromatic N) is 1. The number of carbonyl (C=O) groups is 3. The molecule has 2 N–H and O–H groups in total. The fraction of sp³-hybridized carbons (Fsp3) is 0.381. The van der Waals surface area contributed by atoms with Crippen LogP contribution in [0.25, 0.3) is 0 Å². The molecule has 0 atom stereocenters. The van der Waals surface area contributed by atoms with Crippen LogP contribution in [-0.2, 0) is 24.3 Å². The van der Waals surface area contributed by atoms with Gasteiger partial charge in [0.1, 0.15) is 6.54 Å². The fourth-order valence-corrected chi connectivity index (χ4v) is 5.37. The third kappa shape index (κ3) is 6.15. The van der Waals surface area contributed by atoms with E-state index in [9.17, 15) is 22.8 Å². The number of rotatable bonds is 8. The predicted octanol–water partition coefficient (Wildman–Crippen LogP) is 2.14. The molecule has 0 bridgehead atoms. The molecule has 0 saturated carbocycles. The van der Waals surface area contributed by atoms with E-state index in [1.807, 2.05) is 0 Å². The summed E-state index contributed by atoms with van der Waals surface area (Å²) in [6, 6.07) is 7.90. The highest BCUT2D eigenvalue weighted by Crippen LogP contribution is 2.25. The lowest BCUT2D eigenvalue weighted by molar-refractivity contribution is -0.146. The average Bonchev–Trinajstić information content (AvgIpc) is 3.33. The van der Waals surface area contributed by atoms with Crippen molar-refractivity contribution >= 4 is 44.8 Å². The van der Waals surface area contributed by atoms with Gasteiger partial charge >= 0.3 is 5.97 Å². The van der Waals surface area contributed by atoms with Crippen LogP contribution < -0.4 is 10.6 Å². The van der Waals surface area contributed by atoms with Crippen molar-refractivity contribution < 1.29 is 27.5 Å². The molecule has 11 heteroatoms. The van der Waals surface area contributed by atoms with Crippen LogP contribution in [0.4, 0.5) is 5.69 Å². The van der Waals surface area contributed by atoms with Gasteiger partial charge in [-0.1, -0.05) is 18.6 Å². The predicted molar refractivity (Wildman–Crippen MR) is 120 cm³/mol. The number of hydrogen-bond donors (Lipinski definition) is 2. The molecular weight excluding hydrogens is 454 g/mol. The summed E-state index contributed by atoms with van der Waals surface area (Å²) < 4.78 is 32.1. The molecule has 0 radical (unpaired) electrons. The highest BCUT2D eigenvalue weighted by molar-refractivity contribution is 7.89. The Morgan fingerprint density at radius 2 is 1.88 bits per heavy atom. The van der Waals surface area contributed by atoms with E-state index in [4.69, 9.17) is 4.74 Å². The van der Waals surface area contributed by atoms with E-state index in [1.165, 1.54) is 27.8 Å². The molecule has 32 heavy (non-hydrogen) atoms. The van der Waals surface area contributed by atoms with Gasteiger partial charge in [0.2, 0.25) is 10.0 Å². The Balaban J connectivity index is 1.53. The Morgan fingerprint density at radius 3 is 2.56 bits per heavy atom. The van der Waals surface area contributed by atoms with E-state index in [0.717, 1.165) is 19.3 Å². The summed E-state index contributed by atoms with van der Waals surface area (Å²) in [5.41, 5.74) is 1.00. The molecule has 1 aromatic heterocycles. The first kappa shape index (κ1) is 23.9. The molecule has 2 aromatic rings. The molecule has 9 nitrogen and oxygen atoms in total. The Morgan fingerprint density at radius 1 is 1.12 bits per heavy atom. The van der Waals surface area contributed by atoms with Crippen LogP contribution in [0.2, 0.25) is 0 Å². The van der Waals surface area contributed by atoms with E-state index in [0.29, 0.717) is 29.2 Å². The molecule has 1 fully saturated rings. The van der Waals surface area contributed by atoms with Crippen LogP contribution in [0, 0.1) is 6.92 Å². The summed E-state index contributed by atoms with van der Waals surface area (Å²) >= 11 is 1.24.